The minimum absolute atomic E-state index is 0.186. The number of hydrogen-bond acceptors (Lipinski definition) is 1. The Bertz CT molecular complexity index is 205. The van der Waals surface area contributed by atoms with Gasteiger partial charge in [0.2, 0.25) is 0 Å². The standard InChI is InChI=1S/C8H11F3O/c1-5-2-7(12)3-6(5)4-8(9,10)11/h7,12H,2-4H2,1H3. The molecule has 4 heteroatoms. The zero-order chi connectivity index (χ0) is 9.35. The lowest BCUT2D eigenvalue weighted by atomic mass is 10.1. The molecule has 70 valence electrons. The molecule has 0 bridgehead atoms. The molecular weight excluding hydrogens is 169 g/mol. The average Bonchev–Trinajstić information content (AvgIpc) is 2.06. The van der Waals surface area contributed by atoms with E-state index in [9.17, 15) is 13.2 Å². The number of hydrogen-bond donors (Lipinski definition) is 1. The molecule has 0 saturated carbocycles. The molecule has 0 aromatic carbocycles. The molecule has 0 aromatic heterocycles. The van der Waals surface area contributed by atoms with Gasteiger partial charge in [0.15, 0.2) is 0 Å². The number of halogens is 3. The summed E-state index contributed by atoms with van der Waals surface area (Å²) in [7, 11) is 0. The summed E-state index contributed by atoms with van der Waals surface area (Å²) in [6, 6.07) is 0. The first-order valence-corrected chi connectivity index (χ1v) is 3.81. The smallest absolute Gasteiger partial charge is 0.392 e. The van der Waals surface area contributed by atoms with E-state index in [-0.39, 0.29) is 6.42 Å². The van der Waals surface area contributed by atoms with E-state index in [1.807, 2.05) is 0 Å². The van der Waals surface area contributed by atoms with Crippen LogP contribution in [0.1, 0.15) is 26.2 Å². The second kappa shape index (κ2) is 3.09. The minimum atomic E-state index is -4.14. The van der Waals surface area contributed by atoms with Crippen molar-refractivity contribution < 1.29 is 18.3 Å². The van der Waals surface area contributed by atoms with Gasteiger partial charge in [-0.2, -0.15) is 13.2 Å². The van der Waals surface area contributed by atoms with Crippen molar-refractivity contribution in [2.75, 3.05) is 0 Å². The van der Waals surface area contributed by atoms with Gasteiger partial charge in [-0.05, 0) is 19.8 Å². The molecule has 1 aliphatic rings. The average molecular weight is 180 g/mol. The van der Waals surface area contributed by atoms with Crippen LogP contribution in [0.15, 0.2) is 11.1 Å². The van der Waals surface area contributed by atoms with Crippen molar-refractivity contribution in [1.82, 2.24) is 0 Å². The highest BCUT2D eigenvalue weighted by atomic mass is 19.4. The summed E-state index contributed by atoms with van der Waals surface area (Å²) in [5.74, 6) is 0. The number of aliphatic hydroxyl groups excluding tert-OH is 1. The summed E-state index contributed by atoms with van der Waals surface area (Å²) < 4.78 is 35.7. The van der Waals surface area contributed by atoms with E-state index in [0.29, 0.717) is 17.6 Å². The lowest BCUT2D eigenvalue weighted by Crippen LogP contribution is -2.09. The maximum absolute atomic E-state index is 11.9. The molecular formula is C8H11F3O. The molecule has 0 aliphatic heterocycles. The minimum Gasteiger partial charge on any atom is -0.392 e. The Balaban J connectivity index is 2.59. The highest BCUT2D eigenvalue weighted by molar-refractivity contribution is 5.20. The van der Waals surface area contributed by atoms with Crippen molar-refractivity contribution in [2.45, 2.75) is 38.5 Å². The summed E-state index contributed by atoms with van der Waals surface area (Å²) in [5, 5.41) is 9.06. The normalized spacial score (nSPS) is 25.2. The zero-order valence-corrected chi connectivity index (χ0v) is 6.78. The van der Waals surface area contributed by atoms with Gasteiger partial charge in [0, 0.05) is 0 Å². The number of alkyl halides is 3. The highest BCUT2D eigenvalue weighted by Gasteiger charge is 2.32. The van der Waals surface area contributed by atoms with Crippen molar-refractivity contribution in [3.05, 3.63) is 11.1 Å². The fourth-order valence-corrected chi connectivity index (χ4v) is 1.49. The van der Waals surface area contributed by atoms with E-state index >= 15 is 0 Å². The molecule has 0 saturated heterocycles. The van der Waals surface area contributed by atoms with Crippen LogP contribution in [0.5, 0.6) is 0 Å². The summed E-state index contributed by atoms with van der Waals surface area (Å²) in [5.41, 5.74) is 1.05. The van der Waals surface area contributed by atoms with Crippen molar-refractivity contribution in [3.63, 3.8) is 0 Å². The van der Waals surface area contributed by atoms with E-state index < -0.39 is 18.7 Å². The molecule has 0 fully saturated rings. The Kier molecular flexibility index (Phi) is 2.46. The largest absolute Gasteiger partial charge is 0.392 e. The summed E-state index contributed by atoms with van der Waals surface area (Å²) >= 11 is 0. The van der Waals surface area contributed by atoms with Crippen LogP contribution in [0.25, 0.3) is 0 Å². The van der Waals surface area contributed by atoms with Gasteiger partial charge in [0.25, 0.3) is 0 Å². The van der Waals surface area contributed by atoms with Gasteiger partial charge in [0.05, 0.1) is 12.5 Å². The zero-order valence-electron chi connectivity index (χ0n) is 6.78. The predicted molar refractivity (Wildman–Crippen MR) is 38.6 cm³/mol. The Morgan fingerprint density at radius 2 is 2.00 bits per heavy atom. The van der Waals surface area contributed by atoms with Crippen LogP contribution >= 0.6 is 0 Å². The molecule has 0 heterocycles. The quantitative estimate of drug-likeness (QED) is 0.614. The topological polar surface area (TPSA) is 20.2 Å². The molecule has 1 rings (SSSR count). The van der Waals surface area contributed by atoms with Crippen LogP contribution in [0.3, 0.4) is 0 Å². The first-order chi connectivity index (χ1) is 5.38. The number of rotatable bonds is 1. The third-order valence-corrected chi connectivity index (χ3v) is 2.04. The Morgan fingerprint density at radius 3 is 2.33 bits per heavy atom. The fraction of sp³-hybridized carbons (Fsp3) is 0.750. The van der Waals surface area contributed by atoms with Gasteiger partial charge < -0.3 is 5.11 Å². The maximum atomic E-state index is 11.9. The molecule has 0 radical (unpaired) electrons. The van der Waals surface area contributed by atoms with Gasteiger partial charge in [-0.25, -0.2) is 0 Å². The van der Waals surface area contributed by atoms with Gasteiger partial charge >= 0.3 is 6.18 Å². The van der Waals surface area contributed by atoms with E-state index in [1.165, 1.54) is 0 Å². The third kappa shape index (κ3) is 2.52. The van der Waals surface area contributed by atoms with E-state index in [4.69, 9.17) is 5.11 Å². The van der Waals surface area contributed by atoms with Crippen molar-refractivity contribution in [3.8, 4) is 0 Å². The van der Waals surface area contributed by atoms with Crippen LogP contribution < -0.4 is 0 Å². The molecule has 0 spiro atoms. The molecule has 0 aromatic rings. The van der Waals surface area contributed by atoms with Crippen LogP contribution in [-0.4, -0.2) is 17.4 Å². The van der Waals surface area contributed by atoms with E-state index in [1.54, 1.807) is 6.92 Å². The molecule has 1 atom stereocenters. The van der Waals surface area contributed by atoms with Crippen molar-refractivity contribution in [1.29, 1.82) is 0 Å². The number of aliphatic hydroxyl groups is 1. The monoisotopic (exact) mass is 180 g/mol. The highest BCUT2D eigenvalue weighted by Crippen LogP contribution is 2.34. The first kappa shape index (κ1) is 9.58. The third-order valence-electron chi connectivity index (χ3n) is 2.04. The van der Waals surface area contributed by atoms with Crippen LogP contribution in [0, 0.1) is 0 Å². The second-order valence-electron chi connectivity index (χ2n) is 3.24. The van der Waals surface area contributed by atoms with Gasteiger partial charge in [-0.15, -0.1) is 0 Å². The van der Waals surface area contributed by atoms with Crippen LogP contribution in [-0.2, 0) is 0 Å². The Hall–Kier alpha value is -0.510. The second-order valence-corrected chi connectivity index (χ2v) is 3.24. The SMILES string of the molecule is CC1=C(CC(F)(F)F)CC(O)C1. The van der Waals surface area contributed by atoms with Gasteiger partial charge in [-0.1, -0.05) is 11.1 Å². The van der Waals surface area contributed by atoms with Gasteiger partial charge in [-0.3, -0.25) is 0 Å². The fourth-order valence-electron chi connectivity index (χ4n) is 1.49. The Labute approximate surface area is 68.9 Å². The lowest BCUT2D eigenvalue weighted by Gasteiger charge is -2.07. The molecule has 12 heavy (non-hydrogen) atoms. The summed E-state index contributed by atoms with van der Waals surface area (Å²) in [6.45, 7) is 1.65. The molecule has 1 unspecified atom stereocenters. The van der Waals surface area contributed by atoms with Crippen molar-refractivity contribution >= 4 is 0 Å². The lowest BCUT2D eigenvalue weighted by molar-refractivity contribution is -0.127. The summed E-state index contributed by atoms with van der Waals surface area (Å²) in [4.78, 5) is 0. The predicted octanol–water partition coefficient (Wildman–Crippen LogP) is 2.41. The molecule has 1 nitrogen and oxygen atoms in total. The molecule has 0 amide bonds. The molecule has 1 N–H and O–H groups in total. The van der Waals surface area contributed by atoms with Crippen molar-refractivity contribution in [2.24, 2.45) is 0 Å². The van der Waals surface area contributed by atoms with Crippen LogP contribution in [0.4, 0.5) is 13.2 Å². The van der Waals surface area contributed by atoms with Gasteiger partial charge in [0.1, 0.15) is 0 Å². The van der Waals surface area contributed by atoms with E-state index in [0.717, 1.165) is 0 Å². The Morgan fingerprint density at radius 1 is 1.42 bits per heavy atom. The summed E-state index contributed by atoms with van der Waals surface area (Å²) in [6.07, 6.45) is -5.02. The molecule has 1 aliphatic carbocycles. The van der Waals surface area contributed by atoms with Crippen LogP contribution in [0.2, 0.25) is 0 Å². The first-order valence-electron chi connectivity index (χ1n) is 3.81. The van der Waals surface area contributed by atoms with E-state index in [2.05, 4.69) is 0 Å². The maximum Gasteiger partial charge on any atom is 0.392 e.